The maximum atomic E-state index is 13.3. The highest BCUT2D eigenvalue weighted by Gasteiger charge is 2.06. The van der Waals surface area contributed by atoms with Crippen molar-refractivity contribution >= 4 is 10.9 Å². The average Bonchev–Trinajstić information content (AvgIpc) is 2.52. The second-order valence-corrected chi connectivity index (χ2v) is 5.00. The summed E-state index contributed by atoms with van der Waals surface area (Å²) >= 11 is 0. The van der Waals surface area contributed by atoms with E-state index in [1.54, 1.807) is 31.4 Å². The molecule has 0 spiro atoms. The standard InChI is InChI=1S/C17H15FN2O2/c1-22-8-7-16-19-15-10-12(5-6-14(15)17(21)20-16)11-3-2-4-13(18)9-11/h2-6,9-10H,7-8H2,1H3,(H,19,20,21). The van der Waals surface area contributed by atoms with Crippen molar-refractivity contribution in [3.8, 4) is 11.1 Å². The fourth-order valence-electron chi connectivity index (χ4n) is 2.35. The normalized spacial score (nSPS) is 11.0. The number of halogens is 1. The molecule has 0 amide bonds. The van der Waals surface area contributed by atoms with E-state index in [9.17, 15) is 9.18 Å². The molecule has 5 heteroatoms. The molecule has 0 fully saturated rings. The molecule has 0 aliphatic heterocycles. The highest BCUT2D eigenvalue weighted by molar-refractivity contribution is 5.83. The molecule has 3 rings (SSSR count). The van der Waals surface area contributed by atoms with Gasteiger partial charge in [-0.15, -0.1) is 0 Å². The number of hydrogen-bond donors (Lipinski definition) is 1. The van der Waals surface area contributed by atoms with Gasteiger partial charge >= 0.3 is 0 Å². The lowest BCUT2D eigenvalue weighted by Gasteiger charge is -2.06. The smallest absolute Gasteiger partial charge is 0.258 e. The van der Waals surface area contributed by atoms with Gasteiger partial charge in [0.15, 0.2) is 0 Å². The predicted octanol–water partition coefficient (Wildman–Crippen LogP) is 2.92. The number of hydrogen-bond acceptors (Lipinski definition) is 3. The lowest BCUT2D eigenvalue weighted by atomic mass is 10.0. The summed E-state index contributed by atoms with van der Waals surface area (Å²) in [6.07, 6.45) is 0.534. The van der Waals surface area contributed by atoms with Crippen LogP contribution in [0.4, 0.5) is 4.39 Å². The van der Waals surface area contributed by atoms with Crippen LogP contribution < -0.4 is 5.56 Å². The Hall–Kier alpha value is -2.53. The molecule has 0 bridgehead atoms. The number of rotatable bonds is 4. The number of aromatic amines is 1. The molecule has 0 aliphatic carbocycles. The first-order chi connectivity index (χ1) is 10.7. The molecule has 1 heterocycles. The minimum absolute atomic E-state index is 0.179. The molecule has 22 heavy (non-hydrogen) atoms. The van der Waals surface area contributed by atoms with Crippen LogP contribution in [0.1, 0.15) is 5.82 Å². The number of fused-ring (bicyclic) bond motifs is 1. The molecular weight excluding hydrogens is 283 g/mol. The Bertz CT molecular complexity index is 874. The van der Waals surface area contributed by atoms with Crippen LogP contribution in [-0.4, -0.2) is 23.7 Å². The first-order valence-electron chi connectivity index (χ1n) is 6.95. The second-order valence-electron chi connectivity index (χ2n) is 5.00. The maximum absolute atomic E-state index is 13.3. The molecular formula is C17H15FN2O2. The van der Waals surface area contributed by atoms with E-state index in [2.05, 4.69) is 9.97 Å². The highest BCUT2D eigenvalue weighted by atomic mass is 19.1. The van der Waals surface area contributed by atoms with E-state index in [-0.39, 0.29) is 11.4 Å². The molecule has 1 N–H and O–H groups in total. The van der Waals surface area contributed by atoms with Crippen LogP contribution in [-0.2, 0) is 11.2 Å². The lowest BCUT2D eigenvalue weighted by Crippen LogP contribution is -2.13. The van der Waals surface area contributed by atoms with E-state index in [4.69, 9.17) is 4.74 Å². The molecule has 0 unspecified atom stereocenters. The van der Waals surface area contributed by atoms with Gasteiger partial charge in [-0.1, -0.05) is 18.2 Å². The van der Waals surface area contributed by atoms with Gasteiger partial charge in [0.05, 0.1) is 17.5 Å². The number of ether oxygens (including phenoxy) is 1. The Morgan fingerprint density at radius 1 is 1.18 bits per heavy atom. The molecule has 0 saturated carbocycles. The summed E-state index contributed by atoms with van der Waals surface area (Å²) in [4.78, 5) is 19.3. The number of H-pyrrole nitrogens is 1. The van der Waals surface area contributed by atoms with Crippen molar-refractivity contribution in [2.24, 2.45) is 0 Å². The molecule has 3 aromatic rings. The van der Waals surface area contributed by atoms with Gasteiger partial charge in [-0.2, -0.15) is 0 Å². The first kappa shape index (κ1) is 14.4. The quantitative estimate of drug-likeness (QED) is 0.805. The third kappa shape index (κ3) is 2.89. The molecule has 4 nitrogen and oxygen atoms in total. The lowest BCUT2D eigenvalue weighted by molar-refractivity contribution is 0.200. The van der Waals surface area contributed by atoms with Crippen molar-refractivity contribution in [1.82, 2.24) is 9.97 Å². The Balaban J connectivity index is 2.09. The van der Waals surface area contributed by atoms with E-state index < -0.39 is 0 Å². The van der Waals surface area contributed by atoms with Crippen LogP contribution >= 0.6 is 0 Å². The van der Waals surface area contributed by atoms with Crippen molar-refractivity contribution in [3.05, 3.63) is 64.5 Å². The fraction of sp³-hybridized carbons (Fsp3) is 0.176. The third-order valence-electron chi connectivity index (χ3n) is 3.46. The Morgan fingerprint density at radius 3 is 2.77 bits per heavy atom. The summed E-state index contributed by atoms with van der Waals surface area (Å²) in [5, 5.41) is 0.515. The van der Waals surface area contributed by atoms with Crippen molar-refractivity contribution in [2.75, 3.05) is 13.7 Å². The van der Waals surface area contributed by atoms with E-state index in [0.717, 1.165) is 11.1 Å². The van der Waals surface area contributed by atoms with Gasteiger partial charge in [0.25, 0.3) is 5.56 Å². The summed E-state index contributed by atoms with van der Waals surface area (Å²) in [5.74, 6) is 0.285. The number of aromatic nitrogens is 2. The zero-order valence-electron chi connectivity index (χ0n) is 12.1. The highest BCUT2D eigenvalue weighted by Crippen LogP contribution is 2.22. The van der Waals surface area contributed by atoms with Gasteiger partial charge in [0.1, 0.15) is 11.6 Å². The van der Waals surface area contributed by atoms with E-state index in [1.807, 2.05) is 6.07 Å². The summed E-state index contributed by atoms with van der Waals surface area (Å²) in [6.45, 7) is 0.484. The largest absolute Gasteiger partial charge is 0.384 e. The molecule has 0 atom stereocenters. The zero-order chi connectivity index (χ0) is 15.5. The van der Waals surface area contributed by atoms with Crippen LogP contribution in [0.2, 0.25) is 0 Å². The topological polar surface area (TPSA) is 55.0 Å². The summed E-state index contributed by atoms with van der Waals surface area (Å²) in [6, 6.07) is 11.6. The average molecular weight is 298 g/mol. The van der Waals surface area contributed by atoms with Crippen molar-refractivity contribution in [2.45, 2.75) is 6.42 Å². The van der Waals surface area contributed by atoms with Crippen LogP contribution in [0.5, 0.6) is 0 Å². The summed E-state index contributed by atoms with van der Waals surface area (Å²) in [5.41, 5.74) is 1.99. The number of benzene rings is 2. The molecule has 1 aromatic heterocycles. The predicted molar refractivity (Wildman–Crippen MR) is 83.3 cm³/mol. The van der Waals surface area contributed by atoms with Crippen LogP contribution in [0.3, 0.4) is 0 Å². The Kier molecular flexibility index (Phi) is 3.98. The molecule has 0 aliphatic rings. The van der Waals surface area contributed by atoms with Gasteiger partial charge < -0.3 is 9.72 Å². The van der Waals surface area contributed by atoms with Crippen LogP contribution in [0.25, 0.3) is 22.0 Å². The SMILES string of the molecule is COCCc1nc2cc(-c3cccc(F)c3)ccc2c(=O)[nH]1. The van der Waals surface area contributed by atoms with E-state index in [1.165, 1.54) is 12.1 Å². The minimum atomic E-state index is -0.294. The minimum Gasteiger partial charge on any atom is -0.384 e. The summed E-state index contributed by atoms with van der Waals surface area (Å²) in [7, 11) is 1.60. The van der Waals surface area contributed by atoms with Gasteiger partial charge in [0, 0.05) is 13.5 Å². The fourth-order valence-corrected chi connectivity index (χ4v) is 2.35. The summed E-state index contributed by atoms with van der Waals surface area (Å²) < 4.78 is 18.4. The van der Waals surface area contributed by atoms with Gasteiger partial charge in [-0.3, -0.25) is 4.79 Å². The number of methoxy groups -OCH3 is 1. The van der Waals surface area contributed by atoms with E-state index >= 15 is 0 Å². The van der Waals surface area contributed by atoms with Crippen molar-refractivity contribution in [1.29, 1.82) is 0 Å². The Morgan fingerprint density at radius 2 is 2.00 bits per heavy atom. The molecule has 0 saturated heterocycles. The second kappa shape index (κ2) is 6.07. The first-order valence-corrected chi connectivity index (χ1v) is 6.95. The monoisotopic (exact) mass is 298 g/mol. The number of nitrogens with zero attached hydrogens (tertiary/aromatic N) is 1. The van der Waals surface area contributed by atoms with Crippen molar-refractivity contribution in [3.63, 3.8) is 0 Å². The maximum Gasteiger partial charge on any atom is 0.258 e. The molecule has 112 valence electrons. The zero-order valence-corrected chi connectivity index (χ0v) is 12.1. The molecule has 0 radical (unpaired) electrons. The number of nitrogens with one attached hydrogen (secondary N) is 1. The Labute approximate surface area is 126 Å². The van der Waals surface area contributed by atoms with Crippen LogP contribution in [0, 0.1) is 5.82 Å². The van der Waals surface area contributed by atoms with Gasteiger partial charge in [0.2, 0.25) is 0 Å². The van der Waals surface area contributed by atoms with Crippen LogP contribution in [0.15, 0.2) is 47.3 Å². The van der Waals surface area contributed by atoms with Crippen molar-refractivity contribution < 1.29 is 9.13 Å². The molecule has 2 aromatic carbocycles. The third-order valence-corrected chi connectivity index (χ3v) is 3.46. The van der Waals surface area contributed by atoms with Gasteiger partial charge in [-0.25, -0.2) is 9.37 Å². The van der Waals surface area contributed by atoms with Gasteiger partial charge in [-0.05, 0) is 35.4 Å². The van der Waals surface area contributed by atoms with E-state index in [0.29, 0.717) is 29.8 Å².